The van der Waals surface area contributed by atoms with Crippen LogP contribution in [0.5, 0.6) is 0 Å². The van der Waals surface area contributed by atoms with Crippen LogP contribution in [0.3, 0.4) is 0 Å². The molecule has 0 radical (unpaired) electrons. The molecule has 15 heavy (non-hydrogen) atoms. The van der Waals surface area contributed by atoms with Crippen LogP contribution < -0.4 is 11.3 Å². The zero-order valence-electron chi connectivity index (χ0n) is 9.49. The molecule has 1 aliphatic carbocycles. The van der Waals surface area contributed by atoms with Gasteiger partial charge in [-0.2, -0.15) is 11.3 Å². The molecular formula is C12H20N2S. The molecule has 1 aromatic heterocycles. The van der Waals surface area contributed by atoms with E-state index < -0.39 is 0 Å². The fraction of sp³-hybridized carbons (Fsp3) is 0.667. The second-order valence-corrected chi connectivity index (χ2v) is 6.02. The first-order valence-corrected chi connectivity index (χ1v) is 6.55. The monoisotopic (exact) mass is 224 g/mol. The van der Waals surface area contributed by atoms with Crippen molar-refractivity contribution in [1.29, 1.82) is 0 Å². The molecule has 0 bridgehead atoms. The second-order valence-electron chi connectivity index (χ2n) is 5.24. The summed E-state index contributed by atoms with van der Waals surface area (Å²) in [4.78, 5) is 0. The van der Waals surface area contributed by atoms with Crippen molar-refractivity contribution in [3.8, 4) is 0 Å². The van der Waals surface area contributed by atoms with Gasteiger partial charge in [0.2, 0.25) is 0 Å². The van der Waals surface area contributed by atoms with E-state index >= 15 is 0 Å². The van der Waals surface area contributed by atoms with Crippen LogP contribution in [-0.4, -0.2) is 6.04 Å². The maximum Gasteiger partial charge on any atom is 0.0247 e. The van der Waals surface area contributed by atoms with Gasteiger partial charge in [-0.25, -0.2) is 0 Å². The lowest BCUT2D eigenvalue weighted by atomic mass is 9.99. The summed E-state index contributed by atoms with van der Waals surface area (Å²) in [5, 5.41) is 4.37. The Hall–Kier alpha value is -0.380. The first-order valence-electron chi connectivity index (χ1n) is 5.61. The molecule has 1 saturated carbocycles. The third-order valence-electron chi connectivity index (χ3n) is 3.61. The van der Waals surface area contributed by atoms with Gasteiger partial charge in [-0.15, -0.1) is 0 Å². The van der Waals surface area contributed by atoms with Gasteiger partial charge in [-0.3, -0.25) is 11.3 Å². The van der Waals surface area contributed by atoms with Crippen LogP contribution in [0.25, 0.3) is 0 Å². The Morgan fingerprint density at radius 3 is 2.87 bits per heavy atom. The molecule has 0 aliphatic heterocycles. The summed E-state index contributed by atoms with van der Waals surface area (Å²) in [5.41, 5.74) is 4.93. The molecule has 1 aliphatic rings. The second kappa shape index (κ2) is 4.24. The van der Waals surface area contributed by atoms with Gasteiger partial charge in [-0.1, -0.05) is 13.8 Å². The van der Waals surface area contributed by atoms with Gasteiger partial charge in [0, 0.05) is 6.04 Å². The van der Waals surface area contributed by atoms with Gasteiger partial charge in [0.05, 0.1) is 0 Å². The van der Waals surface area contributed by atoms with E-state index in [1.807, 2.05) is 0 Å². The minimum absolute atomic E-state index is 0.486. The number of rotatable bonds is 5. The Bertz CT molecular complexity index is 305. The van der Waals surface area contributed by atoms with E-state index in [1.54, 1.807) is 11.3 Å². The largest absolute Gasteiger partial charge is 0.271 e. The molecule has 2 nitrogen and oxygen atoms in total. The molecule has 0 amide bonds. The maximum absolute atomic E-state index is 5.63. The minimum atomic E-state index is 0.486. The van der Waals surface area contributed by atoms with Crippen LogP contribution in [-0.2, 0) is 6.42 Å². The summed E-state index contributed by atoms with van der Waals surface area (Å²) in [6, 6.07) is 2.69. The summed E-state index contributed by atoms with van der Waals surface area (Å²) >= 11 is 1.77. The van der Waals surface area contributed by atoms with Crippen molar-refractivity contribution in [2.24, 2.45) is 17.2 Å². The van der Waals surface area contributed by atoms with Crippen LogP contribution >= 0.6 is 11.3 Å². The first kappa shape index (κ1) is 11.1. The minimum Gasteiger partial charge on any atom is -0.271 e. The van der Waals surface area contributed by atoms with Crippen LogP contribution in [0, 0.1) is 11.3 Å². The maximum atomic E-state index is 5.63. The predicted molar refractivity (Wildman–Crippen MR) is 65.6 cm³/mol. The smallest absolute Gasteiger partial charge is 0.0247 e. The standard InChI is InChI=1S/C12H20N2S/c1-12(2)7-10(12)11(14-13)4-3-9-5-6-15-8-9/h5-6,8,10-11,14H,3-4,7,13H2,1-2H3. The summed E-state index contributed by atoms with van der Waals surface area (Å²) < 4.78 is 0. The van der Waals surface area contributed by atoms with Crippen molar-refractivity contribution in [3.63, 3.8) is 0 Å². The molecule has 2 atom stereocenters. The molecule has 2 rings (SSSR count). The van der Waals surface area contributed by atoms with E-state index in [0.29, 0.717) is 11.5 Å². The van der Waals surface area contributed by atoms with Gasteiger partial charge in [0.15, 0.2) is 0 Å². The Morgan fingerprint density at radius 1 is 1.67 bits per heavy atom. The molecular weight excluding hydrogens is 204 g/mol. The zero-order chi connectivity index (χ0) is 10.9. The molecule has 1 aromatic rings. The Balaban J connectivity index is 1.82. The van der Waals surface area contributed by atoms with Crippen LogP contribution in [0.15, 0.2) is 16.8 Å². The third-order valence-corrected chi connectivity index (χ3v) is 4.35. The van der Waals surface area contributed by atoms with Crippen LogP contribution in [0.1, 0.15) is 32.3 Å². The van der Waals surface area contributed by atoms with Gasteiger partial charge in [0.25, 0.3) is 0 Å². The first-order chi connectivity index (χ1) is 7.13. The van der Waals surface area contributed by atoms with E-state index in [1.165, 1.54) is 12.0 Å². The fourth-order valence-electron chi connectivity index (χ4n) is 2.35. The lowest BCUT2D eigenvalue weighted by Crippen LogP contribution is -2.38. The molecule has 84 valence electrons. The van der Waals surface area contributed by atoms with E-state index in [2.05, 4.69) is 36.1 Å². The lowest BCUT2D eigenvalue weighted by molar-refractivity contribution is 0.391. The van der Waals surface area contributed by atoms with Gasteiger partial charge in [0.1, 0.15) is 0 Å². The third kappa shape index (κ3) is 2.60. The quantitative estimate of drug-likeness (QED) is 0.596. The summed E-state index contributed by atoms with van der Waals surface area (Å²) in [6.45, 7) is 4.65. The highest BCUT2D eigenvalue weighted by molar-refractivity contribution is 7.07. The van der Waals surface area contributed by atoms with Crippen molar-refractivity contribution in [1.82, 2.24) is 5.43 Å². The van der Waals surface area contributed by atoms with Crippen molar-refractivity contribution in [2.45, 2.75) is 39.2 Å². The van der Waals surface area contributed by atoms with Crippen molar-refractivity contribution in [2.75, 3.05) is 0 Å². The SMILES string of the molecule is CC1(C)CC1C(CCc1ccsc1)NN. The number of hydrazine groups is 1. The molecule has 3 heteroatoms. The highest BCUT2D eigenvalue weighted by Gasteiger charge is 2.49. The van der Waals surface area contributed by atoms with E-state index in [4.69, 9.17) is 5.84 Å². The Morgan fingerprint density at radius 2 is 2.40 bits per heavy atom. The Labute approximate surface area is 95.8 Å². The van der Waals surface area contributed by atoms with Crippen molar-refractivity contribution < 1.29 is 0 Å². The molecule has 2 unspecified atom stereocenters. The van der Waals surface area contributed by atoms with Crippen LogP contribution in [0.4, 0.5) is 0 Å². The molecule has 0 aromatic carbocycles. The number of nitrogens with one attached hydrogen (secondary N) is 1. The number of nitrogens with two attached hydrogens (primary N) is 1. The number of aryl methyl sites for hydroxylation is 1. The average molecular weight is 224 g/mol. The van der Waals surface area contributed by atoms with Gasteiger partial charge in [-0.05, 0) is 53.0 Å². The van der Waals surface area contributed by atoms with Crippen molar-refractivity contribution in [3.05, 3.63) is 22.4 Å². The fourth-order valence-corrected chi connectivity index (χ4v) is 3.06. The van der Waals surface area contributed by atoms with Gasteiger partial charge >= 0.3 is 0 Å². The molecule has 1 heterocycles. The van der Waals surface area contributed by atoms with E-state index in [9.17, 15) is 0 Å². The lowest BCUT2D eigenvalue weighted by Gasteiger charge is -2.17. The highest BCUT2D eigenvalue weighted by atomic mass is 32.1. The van der Waals surface area contributed by atoms with Gasteiger partial charge < -0.3 is 0 Å². The van der Waals surface area contributed by atoms with E-state index in [-0.39, 0.29) is 0 Å². The van der Waals surface area contributed by atoms with Crippen LogP contribution in [0.2, 0.25) is 0 Å². The Kier molecular flexibility index (Phi) is 3.14. The highest BCUT2D eigenvalue weighted by Crippen LogP contribution is 2.54. The summed E-state index contributed by atoms with van der Waals surface area (Å²) in [7, 11) is 0. The number of hydrogen-bond acceptors (Lipinski definition) is 3. The summed E-state index contributed by atoms with van der Waals surface area (Å²) in [5.74, 6) is 6.39. The number of thiophene rings is 1. The molecule has 0 spiro atoms. The zero-order valence-corrected chi connectivity index (χ0v) is 10.3. The summed E-state index contributed by atoms with van der Waals surface area (Å²) in [6.07, 6.45) is 3.61. The molecule has 1 fully saturated rings. The molecule has 3 N–H and O–H groups in total. The van der Waals surface area contributed by atoms with Crippen molar-refractivity contribution >= 4 is 11.3 Å². The normalized spacial score (nSPS) is 25.1. The number of hydrogen-bond donors (Lipinski definition) is 2. The molecule has 0 saturated heterocycles. The average Bonchev–Trinajstić information content (AvgIpc) is 2.68. The van der Waals surface area contributed by atoms with E-state index in [0.717, 1.165) is 18.8 Å². The predicted octanol–water partition coefficient (Wildman–Crippen LogP) is 2.56. The topological polar surface area (TPSA) is 38.0 Å².